The van der Waals surface area contributed by atoms with Crippen LogP contribution in [-0.2, 0) is 0 Å². The summed E-state index contributed by atoms with van der Waals surface area (Å²) in [6.07, 6.45) is 0. The summed E-state index contributed by atoms with van der Waals surface area (Å²) >= 11 is 0. The van der Waals surface area contributed by atoms with E-state index in [1.165, 1.54) is 12.1 Å². The summed E-state index contributed by atoms with van der Waals surface area (Å²) in [6.45, 7) is 0. The van der Waals surface area contributed by atoms with Gasteiger partial charge >= 0.3 is 0 Å². The Hall–Kier alpha value is -2.61. The van der Waals surface area contributed by atoms with Crippen molar-refractivity contribution < 1.29 is 4.39 Å². The molecule has 0 aliphatic rings. The molecule has 0 aliphatic carbocycles. The number of para-hydroxylation sites is 1. The van der Waals surface area contributed by atoms with Crippen molar-refractivity contribution in [3.05, 3.63) is 90.7 Å². The minimum atomic E-state index is -0.233. The molecule has 3 aromatic carbocycles. The van der Waals surface area contributed by atoms with Gasteiger partial charge in [-0.1, -0.05) is 30.3 Å². The summed E-state index contributed by atoms with van der Waals surface area (Å²) in [4.78, 5) is 2.08. The monoisotopic (exact) mass is 262 g/mol. The van der Waals surface area contributed by atoms with Crippen LogP contribution >= 0.6 is 0 Å². The van der Waals surface area contributed by atoms with Gasteiger partial charge < -0.3 is 4.90 Å². The van der Waals surface area contributed by atoms with Crippen LogP contribution in [0.2, 0.25) is 0 Å². The minimum absolute atomic E-state index is 0.233. The van der Waals surface area contributed by atoms with Gasteiger partial charge in [-0.15, -0.1) is 0 Å². The Morgan fingerprint density at radius 3 is 1.85 bits per heavy atom. The standard InChI is InChI=1S/C18H13FN/c19-15-11-13-18(14-12-15)20(16-7-3-1-4-8-16)17-9-5-2-6-10-17/h1,3-14H. The Bertz CT molecular complexity index is 623. The van der Waals surface area contributed by atoms with Crippen LogP contribution in [0.3, 0.4) is 0 Å². The molecule has 0 saturated heterocycles. The van der Waals surface area contributed by atoms with E-state index >= 15 is 0 Å². The Morgan fingerprint density at radius 2 is 1.20 bits per heavy atom. The second-order valence-electron chi connectivity index (χ2n) is 4.41. The average Bonchev–Trinajstić information content (AvgIpc) is 2.52. The zero-order valence-electron chi connectivity index (χ0n) is 10.8. The fraction of sp³-hybridized carbons (Fsp3) is 0. The molecular formula is C18H13FN. The topological polar surface area (TPSA) is 3.24 Å². The molecule has 0 spiro atoms. The second kappa shape index (κ2) is 5.57. The molecule has 97 valence electrons. The van der Waals surface area contributed by atoms with Crippen LogP contribution in [0.25, 0.3) is 0 Å². The van der Waals surface area contributed by atoms with E-state index in [0.29, 0.717) is 0 Å². The third kappa shape index (κ3) is 2.54. The quantitative estimate of drug-likeness (QED) is 0.635. The van der Waals surface area contributed by atoms with Gasteiger partial charge in [-0.2, -0.15) is 0 Å². The number of halogens is 1. The summed E-state index contributed by atoms with van der Waals surface area (Å²) in [7, 11) is 0. The Kier molecular flexibility index (Phi) is 3.46. The highest BCUT2D eigenvalue weighted by atomic mass is 19.1. The lowest BCUT2D eigenvalue weighted by atomic mass is 10.2. The van der Waals surface area contributed by atoms with Crippen LogP contribution in [0, 0.1) is 11.9 Å². The molecule has 0 aliphatic heterocycles. The molecule has 1 nitrogen and oxygen atoms in total. The van der Waals surface area contributed by atoms with Crippen LogP contribution in [0.4, 0.5) is 21.5 Å². The van der Waals surface area contributed by atoms with Crippen LogP contribution in [0.5, 0.6) is 0 Å². The van der Waals surface area contributed by atoms with Gasteiger partial charge in [0.1, 0.15) is 5.82 Å². The minimum Gasteiger partial charge on any atom is -0.311 e. The third-order valence-corrected chi connectivity index (χ3v) is 3.06. The first-order valence-electron chi connectivity index (χ1n) is 6.41. The number of nitrogens with zero attached hydrogens (tertiary/aromatic N) is 1. The zero-order valence-corrected chi connectivity index (χ0v) is 10.8. The molecule has 0 atom stereocenters. The van der Waals surface area contributed by atoms with E-state index in [4.69, 9.17) is 0 Å². The average molecular weight is 262 g/mol. The molecular weight excluding hydrogens is 249 g/mol. The van der Waals surface area contributed by atoms with Crippen molar-refractivity contribution in [3.8, 4) is 0 Å². The Morgan fingerprint density at radius 1 is 0.650 bits per heavy atom. The molecule has 2 heteroatoms. The van der Waals surface area contributed by atoms with Gasteiger partial charge in [0.2, 0.25) is 0 Å². The first-order valence-corrected chi connectivity index (χ1v) is 6.41. The fourth-order valence-electron chi connectivity index (χ4n) is 2.14. The first kappa shape index (κ1) is 12.4. The Balaban J connectivity index is 2.11. The predicted molar refractivity (Wildman–Crippen MR) is 79.9 cm³/mol. The van der Waals surface area contributed by atoms with E-state index in [1.807, 2.05) is 54.6 Å². The third-order valence-electron chi connectivity index (χ3n) is 3.06. The molecule has 0 saturated carbocycles. The van der Waals surface area contributed by atoms with Gasteiger partial charge in [0.25, 0.3) is 0 Å². The SMILES string of the molecule is Fc1ccc(N(c2cc[c]cc2)c2ccccc2)cc1. The van der Waals surface area contributed by atoms with E-state index in [2.05, 4.69) is 11.0 Å². The zero-order chi connectivity index (χ0) is 13.8. The highest BCUT2D eigenvalue weighted by Gasteiger charge is 2.11. The largest absolute Gasteiger partial charge is 0.311 e. The van der Waals surface area contributed by atoms with E-state index < -0.39 is 0 Å². The predicted octanol–water partition coefficient (Wildman–Crippen LogP) is 5.10. The lowest BCUT2D eigenvalue weighted by Crippen LogP contribution is -2.09. The highest BCUT2D eigenvalue weighted by Crippen LogP contribution is 2.33. The van der Waals surface area contributed by atoms with Gasteiger partial charge in [-0.05, 0) is 54.6 Å². The summed E-state index contributed by atoms with van der Waals surface area (Å²) in [5.74, 6) is -0.233. The normalized spacial score (nSPS) is 10.2. The second-order valence-corrected chi connectivity index (χ2v) is 4.41. The molecule has 0 fully saturated rings. The summed E-state index contributed by atoms with van der Waals surface area (Å²) in [6, 6.07) is 27.2. The molecule has 0 N–H and O–H groups in total. The number of rotatable bonds is 3. The van der Waals surface area contributed by atoms with Gasteiger partial charge in [0.15, 0.2) is 0 Å². The number of anilines is 3. The smallest absolute Gasteiger partial charge is 0.123 e. The molecule has 0 unspecified atom stereocenters. The van der Waals surface area contributed by atoms with E-state index in [1.54, 1.807) is 12.1 Å². The van der Waals surface area contributed by atoms with Crippen LogP contribution in [-0.4, -0.2) is 0 Å². The molecule has 0 heterocycles. The van der Waals surface area contributed by atoms with Crippen LogP contribution in [0.1, 0.15) is 0 Å². The van der Waals surface area contributed by atoms with E-state index in [-0.39, 0.29) is 5.82 Å². The highest BCUT2D eigenvalue weighted by molar-refractivity contribution is 5.76. The van der Waals surface area contributed by atoms with Crippen molar-refractivity contribution in [2.45, 2.75) is 0 Å². The molecule has 0 amide bonds. The van der Waals surface area contributed by atoms with Gasteiger partial charge in [0, 0.05) is 17.1 Å². The lowest BCUT2D eigenvalue weighted by molar-refractivity contribution is 0.628. The molecule has 0 aromatic heterocycles. The number of hydrogen-bond acceptors (Lipinski definition) is 1. The molecule has 1 radical (unpaired) electrons. The van der Waals surface area contributed by atoms with Gasteiger partial charge in [0.05, 0.1) is 0 Å². The summed E-state index contributed by atoms with van der Waals surface area (Å²) in [5, 5.41) is 0. The maximum atomic E-state index is 13.1. The van der Waals surface area contributed by atoms with Crippen molar-refractivity contribution in [1.29, 1.82) is 0 Å². The lowest BCUT2D eigenvalue weighted by Gasteiger charge is -2.25. The molecule has 3 rings (SSSR count). The van der Waals surface area contributed by atoms with E-state index in [0.717, 1.165) is 17.1 Å². The number of benzene rings is 3. The Labute approximate surface area is 117 Å². The first-order chi connectivity index (χ1) is 9.84. The molecule has 3 aromatic rings. The van der Waals surface area contributed by atoms with Crippen molar-refractivity contribution in [2.75, 3.05) is 4.90 Å². The summed E-state index contributed by atoms with van der Waals surface area (Å²) < 4.78 is 13.1. The molecule has 0 bridgehead atoms. The van der Waals surface area contributed by atoms with Crippen molar-refractivity contribution in [2.24, 2.45) is 0 Å². The van der Waals surface area contributed by atoms with Gasteiger partial charge in [-0.3, -0.25) is 0 Å². The van der Waals surface area contributed by atoms with Crippen LogP contribution in [0.15, 0.2) is 78.9 Å². The van der Waals surface area contributed by atoms with Crippen molar-refractivity contribution in [3.63, 3.8) is 0 Å². The number of hydrogen-bond donors (Lipinski definition) is 0. The maximum absolute atomic E-state index is 13.1. The molecule has 20 heavy (non-hydrogen) atoms. The summed E-state index contributed by atoms with van der Waals surface area (Å²) in [5.41, 5.74) is 2.97. The van der Waals surface area contributed by atoms with Gasteiger partial charge in [-0.25, -0.2) is 4.39 Å². The van der Waals surface area contributed by atoms with Crippen molar-refractivity contribution >= 4 is 17.1 Å². The van der Waals surface area contributed by atoms with E-state index in [9.17, 15) is 4.39 Å². The fourth-order valence-corrected chi connectivity index (χ4v) is 2.14. The van der Waals surface area contributed by atoms with Crippen LogP contribution < -0.4 is 4.90 Å². The van der Waals surface area contributed by atoms with Crippen molar-refractivity contribution in [1.82, 2.24) is 0 Å². The maximum Gasteiger partial charge on any atom is 0.123 e.